The van der Waals surface area contributed by atoms with Crippen molar-refractivity contribution in [1.82, 2.24) is 0 Å². The van der Waals surface area contributed by atoms with Gasteiger partial charge in [-0.1, -0.05) is 37.3 Å². The number of unbranched alkanes of at least 4 members (excludes halogenated alkanes) is 7. The lowest BCUT2D eigenvalue weighted by atomic mass is 10.1. The molecule has 0 aromatic rings. The van der Waals surface area contributed by atoms with E-state index in [-0.39, 0.29) is 12.4 Å². The van der Waals surface area contributed by atoms with Gasteiger partial charge in [0.05, 0.1) is 6.54 Å². The molecule has 92 valence electrons. The highest BCUT2D eigenvalue weighted by Crippen LogP contribution is 2.09. The van der Waals surface area contributed by atoms with Crippen LogP contribution in [0.25, 0.3) is 0 Å². The number of allylic oxidation sites excluding steroid dienone is 2. The van der Waals surface area contributed by atoms with Crippen molar-refractivity contribution in [1.29, 1.82) is 0 Å². The molecule has 0 saturated heterocycles. The van der Waals surface area contributed by atoms with Crippen LogP contribution in [0.3, 0.4) is 0 Å². The van der Waals surface area contributed by atoms with E-state index in [1.165, 1.54) is 56.9 Å². The van der Waals surface area contributed by atoms with Crippen LogP contribution in [-0.2, 0) is 0 Å². The number of quaternary nitrogens is 1. The van der Waals surface area contributed by atoms with E-state index in [2.05, 4.69) is 25.7 Å². The Morgan fingerprint density at radius 2 is 1.33 bits per heavy atom. The van der Waals surface area contributed by atoms with E-state index in [1.807, 2.05) is 0 Å². The van der Waals surface area contributed by atoms with Crippen molar-refractivity contribution in [3.63, 3.8) is 0 Å². The van der Waals surface area contributed by atoms with Gasteiger partial charge >= 0.3 is 0 Å². The first-order valence-corrected chi connectivity index (χ1v) is 6.20. The smallest absolute Gasteiger partial charge is 0.0739 e. The van der Waals surface area contributed by atoms with Crippen molar-refractivity contribution < 1.29 is 18.1 Å². The van der Waals surface area contributed by atoms with Crippen LogP contribution in [0, 0.1) is 0 Å². The van der Waals surface area contributed by atoms with Crippen LogP contribution in [0.1, 0.15) is 65.2 Å². The molecule has 0 atom stereocenters. The highest BCUT2D eigenvalue weighted by molar-refractivity contribution is 4.92. The Balaban J connectivity index is 0. The minimum absolute atomic E-state index is 0. The van der Waals surface area contributed by atoms with E-state index in [0.717, 1.165) is 6.54 Å². The molecule has 0 amide bonds. The predicted molar refractivity (Wildman–Crippen MR) is 64.1 cm³/mol. The van der Waals surface area contributed by atoms with Gasteiger partial charge in [0, 0.05) is 0 Å². The Morgan fingerprint density at radius 1 is 0.867 bits per heavy atom. The number of halogens is 1. The summed E-state index contributed by atoms with van der Waals surface area (Å²) >= 11 is 0. The maximum Gasteiger partial charge on any atom is 0.0739 e. The Morgan fingerprint density at radius 3 is 1.80 bits per heavy atom. The zero-order valence-electron chi connectivity index (χ0n) is 10.5. The third-order valence-corrected chi connectivity index (χ3v) is 2.51. The zero-order valence-corrected chi connectivity index (χ0v) is 11.3. The highest BCUT2D eigenvalue weighted by Gasteiger charge is 1.90. The molecule has 0 fully saturated rings. The molecule has 3 N–H and O–H groups in total. The predicted octanol–water partition coefficient (Wildman–Crippen LogP) is 0.319. The molecule has 0 aliphatic carbocycles. The molecule has 0 radical (unpaired) electrons. The average Bonchev–Trinajstić information content (AvgIpc) is 2.15. The summed E-state index contributed by atoms with van der Waals surface area (Å²) in [6.07, 6.45) is 13.4. The molecule has 0 spiro atoms. The third kappa shape index (κ3) is 16.7. The molecule has 0 aliphatic heterocycles. The second-order valence-corrected chi connectivity index (χ2v) is 4.40. The largest absolute Gasteiger partial charge is 1.00 e. The Bertz CT molecular complexity index is 139. The number of rotatable bonds is 9. The number of hydrogen-bond acceptors (Lipinski definition) is 0. The summed E-state index contributed by atoms with van der Waals surface area (Å²) in [6.45, 7) is 5.47. The lowest BCUT2D eigenvalue weighted by Crippen LogP contribution is -3.00. The first-order chi connectivity index (χ1) is 6.77. The summed E-state index contributed by atoms with van der Waals surface area (Å²) in [5.74, 6) is 0. The molecule has 0 bridgehead atoms. The number of hydrogen-bond donors (Lipinski definition) is 1. The molecular weight excluding hydrogens is 206 g/mol. The summed E-state index contributed by atoms with van der Waals surface area (Å²) in [5.41, 5.74) is 5.31. The Kier molecular flexibility index (Phi) is 16.2. The second kappa shape index (κ2) is 14.0. The molecule has 0 aliphatic rings. The third-order valence-electron chi connectivity index (χ3n) is 2.51. The minimum Gasteiger partial charge on any atom is -1.00 e. The van der Waals surface area contributed by atoms with Gasteiger partial charge in [-0.3, -0.25) is 0 Å². The molecule has 0 unspecified atom stereocenters. The van der Waals surface area contributed by atoms with Crippen molar-refractivity contribution in [2.45, 2.75) is 65.2 Å². The van der Waals surface area contributed by atoms with Crippen molar-refractivity contribution in [2.24, 2.45) is 0 Å². The van der Waals surface area contributed by atoms with Gasteiger partial charge in [0.1, 0.15) is 0 Å². The normalized spacial score (nSPS) is 9.53. The summed E-state index contributed by atoms with van der Waals surface area (Å²) in [4.78, 5) is 0. The lowest BCUT2D eigenvalue weighted by Gasteiger charge is -1.99. The minimum atomic E-state index is 0. The van der Waals surface area contributed by atoms with Gasteiger partial charge in [-0.05, 0) is 39.5 Å². The van der Waals surface area contributed by atoms with Gasteiger partial charge in [-0.2, -0.15) is 0 Å². The molecule has 0 rings (SSSR count). The van der Waals surface area contributed by atoms with Gasteiger partial charge in [0.15, 0.2) is 0 Å². The van der Waals surface area contributed by atoms with Crippen LogP contribution in [-0.4, -0.2) is 6.54 Å². The van der Waals surface area contributed by atoms with E-state index in [0.29, 0.717) is 0 Å². The summed E-state index contributed by atoms with van der Waals surface area (Å²) in [5, 5.41) is 0. The van der Waals surface area contributed by atoms with E-state index < -0.39 is 0 Å². The maximum atomic E-state index is 3.85. The monoisotopic (exact) mass is 233 g/mol. The summed E-state index contributed by atoms with van der Waals surface area (Å²) < 4.78 is 0. The van der Waals surface area contributed by atoms with Gasteiger partial charge in [0.2, 0.25) is 0 Å². The van der Waals surface area contributed by atoms with Gasteiger partial charge in [-0.15, -0.1) is 0 Å². The summed E-state index contributed by atoms with van der Waals surface area (Å²) in [7, 11) is 0. The van der Waals surface area contributed by atoms with Crippen LogP contribution < -0.4 is 18.1 Å². The van der Waals surface area contributed by atoms with Gasteiger partial charge in [-0.25, -0.2) is 0 Å². The fourth-order valence-corrected chi connectivity index (χ4v) is 1.60. The standard InChI is InChI=1S/C13H27N.ClH/c1-13(2)11-9-7-5-3-4-6-8-10-12-14;/h11H,3-10,12,14H2,1-2H3;1H. The van der Waals surface area contributed by atoms with Crippen LogP contribution >= 0.6 is 0 Å². The fourth-order valence-electron chi connectivity index (χ4n) is 1.60. The lowest BCUT2D eigenvalue weighted by molar-refractivity contribution is -0.368. The van der Waals surface area contributed by atoms with Crippen molar-refractivity contribution in [2.75, 3.05) is 6.54 Å². The van der Waals surface area contributed by atoms with Gasteiger partial charge < -0.3 is 18.1 Å². The zero-order chi connectivity index (χ0) is 10.6. The first kappa shape index (κ1) is 17.4. The van der Waals surface area contributed by atoms with E-state index in [4.69, 9.17) is 0 Å². The highest BCUT2D eigenvalue weighted by atomic mass is 35.5. The van der Waals surface area contributed by atoms with Crippen LogP contribution in [0.15, 0.2) is 11.6 Å². The Hall–Kier alpha value is -0.0100. The second-order valence-electron chi connectivity index (χ2n) is 4.40. The summed E-state index contributed by atoms with van der Waals surface area (Å²) in [6, 6.07) is 0. The molecular formula is C13H28ClN. The van der Waals surface area contributed by atoms with Crippen LogP contribution in [0.2, 0.25) is 0 Å². The molecule has 0 heterocycles. The van der Waals surface area contributed by atoms with Crippen molar-refractivity contribution in [3.8, 4) is 0 Å². The quantitative estimate of drug-likeness (QED) is 0.439. The molecule has 0 aromatic carbocycles. The van der Waals surface area contributed by atoms with E-state index >= 15 is 0 Å². The first-order valence-electron chi connectivity index (χ1n) is 6.20. The topological polar surface area (TPSA) is 27.6 Å². The van der Waals surface area contributed by atoms with Crippen molar-refractivity contribution in [3.05, 3.63) is 11.6 Å². The fraction of sp³-hybridized carbons (Fsp3) is 0.846. The maximum absolute atomic E-state index is 3.85. The molecule has 0 aromatic heterocycles. The Labute approximate surface area is 102 Å². The van der Waals surface area contributed by atoms with Crippen LogP contribution in [0.5, 0.6) is 0 Å². The average molecular weight is 234 g/mol. The molecule has 1 nitrogen and oxygen atoms in total. The van der Waals surface area contributed by atoms with Crippen LogP contribution in [0.4, 0.5) is 0 Å². The SMILES string of the molecule is CC(C)=CCCCCCCCCC[NH3+].[Cl-]. The van der Waals surface area contributed by atoms with Gasteiger partial charge in [0.25, 0.3) is 0 Å². The van der Waals surface area contributed by atoms with E-state index in [9.17, 15) is 0 Å². The van der Waals surface area contributed by atoms with E-state index in [1.54, 1.807) is 0 Å². The molecule has 0 saturated carbocycles. The molecule has 2 heteroatoms. The van der Waals surface area contributed by atoms with Crippen molar-refractivity contribution >= 4 is 0 Å². The molecule has 15 heavy (non-hydrogen) atoms.